The Balaban J connectivity index is 2.13. The lowest BCUT2D eigenvalue weighted by Gasteiger charge is -2.17. The SMILES string of the molecule is COc1ccc(OC)c(S(=O)(=O)Nc2cc(C(F)(F)F)ccc2-n2cccc2)c1. The number of anilines is 1. The van der Waals surface area contributed by atoms with Gasteiger partial charge in [-0.3, -0.25) is 4.72 Å². The summed E-state index contributed by atoms with van der Waals surface area (Å²) in [5, 5.41) is 0. The van der Waals surface area contributed by atoms with Crippen LogP contribution in [0.1, 0.15) is 5.56 Å². The largest absolute Gasteiger partial charge is 0.497 e. The molecule has 6 nitrogen and oxygen atoms in total. The fraction of sp³-hybridized carbons (Fsp3) is 0.158. The van der Waals surface area contributed by atoms with Crippen LogP contribution in [0.15, 0.2) is 65.8 Å². The molecule has 0 amide bonds. The van der Waals surface area contributed by atoms with Crippen LogP contribution in [0.2, 0.25) is 0 Å². The quantitative estimate of drug-likeness (QED) is 0.638. The maximum atomic E-state index is 13.2. The highest BCUT2D eigenvalue weighted by atomic mass is 32.2. The van der Waals surface area contributed by atoms with Gasteiger partial charge in [-0.25, -0.2) is 8.42 Å². The molecule has 0 unspecified atom stereocenters. The summed E-state index contributed by atoms with van der Waals surface area (Å²) in [5.74, 6) is 0.272. The molecular formula is C19H17F3N2O4S. The van der Waals surface area contributed by atoms with Crippen LogP contribution >= 0.6 is 0 Å². The van der Waals surface area contributed by atoms with E-state index >= 15 is 0 Å². The lowest BCUT2D eigenvalue weighted by atomic mass is 10.1. The highest BCUT2D eigenvalue weighted by molar-refractivity contribution is 7.92. The monoisotopic (exact) mass is 426 g/mol. The van der Waals surface area contributed by atoms with E-state index in [9.17, 15) is 21.6 Å². The van der Waals surface area contributed by atoms with E-state index in [0.717, 1.165) is 12.1 Å². The minimum Gasteiger partial charge on any atom is -0.497 e. The van der Waals surface area contributed by atoms with E-state index in [4.69, 9.17) is 9.47 Å². The molecular weight excluding hydrogens is 409 g/mol. The molecule has 0 aliphatic heterocycles. The summed E-state index contributed by atoms with van der Waals surface area (Å²) in [5.41, 5.74) is -0.988. The number of ether oxygens (including phenoxy) is 2. The van der Waals surface area contributed by atoms with Gasteiger partial charge in [0.25, 0.3) is 10.0 Å². The predicted molar refractivity (Wildman–Crippen MR) is 101 cm³/mol. The first-order valence-electron chi connectivity index (χ1n) is 8.25. The molecule has 0 aliphatic rings. The first-order chi connectivity index (χ1) is 13.7. The predicted octanol–water partition coefficient (Wildman–Crippen LogP) is 4.31. The third-order valence-electron chi connectivity index (χ3n) is 4.11. The molecule has 0 atom stereocenters. The van der Waals surface area contributed by atoms with Crippen LogP contribution in [-0.2, 0) is 16.2 Å². The molecule has 1 heterocycles. The first-order valence-corrected chi connectivity index (χ1v) is 9.73. The second-order valence-electron chi connectivity index (χ2n) is 5.94. The fourth-order valence-corrected chi connectivity index (χ4v) is 3.96. The molecule has 0 fully saturated rings. The summed E-state index contributed by atoms with van der Waals surface area (Å²) < 4.78 is 79.5. The summed E-state index contributed by atoms with van der Waals surface area (Å²) in [7, 11) is -1.65. The van der Waals surface area contributed by atoms with Crippen molar-refractivity contribution < 1.29 is 31.1 Å². The second-order valence-corrected chi connectivity index (χ2v) is 7.59. The van der Waals surface area contributed by atoms with Crippen LogP contribution in [0.5, 0.6) is 11.5 Å². The zero-order chi connectivity index (χ0) is 21.2. The van der Waals surface area contributed by atoms with Gasteiger partial charge in [0.05, 0.1) is 31.2 Å². The Labute approximate surface area is 165 Å². The number of halogens is 3. The number of nitrogens with one attached hydrogen (secondary N) is 1. The number of benzene rings is 2. The highest BCUT2D eigenvalue weighted by Gasteiger charge is 2.32. The van der Waals surface area contributed by atoms with Gasteiger partial charge in [0.15, 0.2) is 0 Å². The fourth-order valence-electron chi connectivity index (χ4n) is 2.71. The second kappa shape index (κ2) is 7.70. The molecule has 0 saturated carbocycles. The zero-order valence-electron chi connectivity index (χ0n) is 15.4. The van der Waals surface area contributed by atoms with Crippen molar-refractivity contribution in [2.75, 3.05) is 18.9 Å². The Morgan fingerprint density at radius 2 is 1.66 bits per heavy atom. The molecule has 0 spiro atoms. The van der Waals surface area contributed by atoms with Crippen molar-refractivity contribution in [3.8, 4) is 17.2 Å². The lowest BCUT2D eigenvalue weighted by molar-refractivity contribution is -0.137. The van der Waals surface area contributed by atoms with E-state index < -0.39 is 21.8 Å². The molecule has 2 aromatic carbocycles. The van der Waals surface area contributed by atoms with Crippen molar-refractivity contribution in [1.29, 1.82) is 0 Å². The number of methoxy groups -OCH3 is 2. The average Bonchev–Trinajstić information content (AvgIpc) is 3.21. The van der Waals surface area contributed by atoms with Gasteiger partial charge in [-0.05, 0) is 42.5 Å². The molecule has 1 aromatic heterocycles. The molecule has 154 valence electrons. The molecule has 0 aliphatic carbocycles. The maximum absolute atomic E-state index is 13.2. The van der Waals surface area contributed by atoms with Crippen molar-refractivity contribution in [3.63, 3.8) is 0 Å². The van der Waals surface area contributed by atoms with Gasteiger partial charge in [0.2, 0.25) is 0 Å². The molecule has 0 saturated heterocycles. The van der Waals surface area contributed by atoms with Gasteiger partial charge in [-0.2, -0.15) is 13.2 Å². The van der Waals surface area contributed by atoms with Gasteiger partial charge < -0.3 is 14.0 Å². The van der Waals surface area contributed by atoms with Gasteiger partial charge in [0, 0.05) is 18.5 Å². The summed E-state index contributed by atoms with van der Waals surface area (Å²) in [6.07, 6.45) is -1.46. The molecule has 10 heteroatoms. The number of sulfonamides is 1. The van der Waals surface area contributed by atoms with Crippen molar-refractivity contribution >= 4 is 15.7 Å². The van der Waals surface area contributed by atoms with Crippen molar-refractivity contribution in [2.24, 2.45) is 0 Å². The summed E-state index contributed by atoms with van der Waals surface area (Å²) >= 11 is 0. The summed E-state index contributed by atoms with van der Waals surface area (Å²) in [6.45, 7) is 0. The smallest absolute Gasteiger partial charge is 0.416 e. The van der Waals surface area contributed by atoms with Crippen molar-refractivity contribution in [3.05, 3.63) is 66.5 Å². The zero-order valence-corrected chi connectivity index (χ0v) is 16.2. The molecule has 3 rings (SSSR count). The minimum atomic E-state index is -4.64. The third-order valence-corrected chi connectivity index (χ3v) is 5.50. The van der Waals surface area contributed by atoms with Crippen LogP contribution in [0.3, 0.4) is 0 Å². The Morgan fingerprint density at radius 3 is 2.24 bits per heavy atom. The van der Waals surface area contributed by atoms with E-state index in [1.807, 2.05) is 0 Å². The van der Waals surface area contributed by atoms with Crippen LogP contribution in [-0.4, -0.2) is 27.2 Å². The van der Waals surface area contributed by atoms with E-state index in [-0.39, 0.29) is 27.8 Å². The van der Waals surface area contributed by atoms with Crippen molar-refractivity contribution in [2.45, 2.75) is 11.1 Å². The summed E-state index contributed by atoms with van der Waals surface area (Å²) in [4.78, 5) is -0.268. The average molecular weight is 426 g/mol. The number of aromatic nitrogens is 1. The van der Waals surface area contributed by atoms with Crippen LogP contribution in [0.25, 0.3) is 5.69 Å². The maximum Gasteiger partial charge on any atom is 0.416 e. The molecule has 3 aromatic rings. The third kappa shape index (κ3) is 4.32. The first kappa shape index (κ1) is 20.6. The number of hydrogen-bond donors (Lipinski definition) is 1. The van der Waals surface area contributed by atoms with Gasteiger partial charge in [-0.1, -0.05) is 0 Å². The summed E-state index contributed by atoms with van der Waals surface area (Å²) in [6, 6.07) is 10.3. The number of nitrogens with zero attached hydrogens (tertiary/aromatic N) is 1. The topological polar surface area (TPSA) is 69.6 Å². The van der Waals surface area contributed by atoms with Crippen molar-refractivity contribution in [1.82, 2.24) is 4.57 Å². The van der Waals surface area contributed by atoms with E-state index in [1.165, 1.54) is 43.1 Å². The van der Waals surface area contributed by atoms with Crippen LogP contribution in [0.4, 0.5) is 18.9 Å². The number of rotatable bonds is 6. The van der Waals surface area contributed by atoms with E-state index in [1.54, 1.807) is 24.5 Å². The van der Waals surface area contributed by atoms with Gasteiger partial charge in [0.1, 0.15) is 16.4 Å². The van der Waals surface area contributed by atoms with E-state index in [0.29, 0.717) is 0 Å². The Morgan fingerprint density at radius 1 is 0.966 bits per heavy atom. The Kier molecular flexibility index (Phi) is 5.47. The van der Waals surface area contributed by atoms with Gasteiger partial charge >= 0.3 is 6.18 Å². The standard InChI is InChI=1S/C19H17F3N2O4S/c1-27-14-6-8-17(28-2)18(12-14)29(25,26)23-15-11-13(19(20,21)22)5-7-16(15)24-9-3-4-10-24/h3-12,23H,1-2H3. The van der Waals surface area contributed by atoms with E-state index in [2.05, 4.69) is 4.72 Å². The number of hydrogen-bond acceptors (Lipinski definition) is 4. The van der Waals surface area contributed by atoms with Crippen LogP contribution in [0, 0.1) is 0 Å². The number of alkyl halides is 3. The Hall–Kier alpha value is -3.14. The lowest BCUT2D eigenvalue weighted by Crippen LogP contribution is -2.17. The normalized spacial score (nSPS) is 11.9. The molecule has 0 bridgehead atoms. The molecule has 0 radical (unpaired) electrons. The molecule has 29 heavy (non-hydrogen) atoms. The highest BCUT2D eigenvalue weighted by Crippen LogP contribution is 2.35. The minimum absolute atomic E-state index is 0.0211. The Bertz CT molecular complexity index is 1110. The molecule has 1 N–H and O–H groups in total. The van der Waals surface area contributed by atoms with Crippen LogP contribution < -0.4 is 14.2 Å². The van der Waals surface area contributed by atoms with Gasteiger partial charge in [-0.15, -0.1) is 0 Å².